The first-order chi connectivity index (χ1) is 11.9. The monoisotopic (exact) mass is 482 g/mol. The Bertz CT molecular complexity index is 1090. The van der Waals surface area contributed by atoms with Crippen LogP contribution in [0.2, 0.25) is 0 Å². The molecule has 4 rings (SSSR count). The molecule has 1 aromatic carbocycles. The molecule has 0 saturated carbocycles. The van der Waals surface area contributed by atoms with E-state index in [1.54, 1.807) is 17.5 Å². The molecule has 0 bridgehead atoms. The third kappa shape index (κ3) is 2.86. The van der Waals surface area contributed by atoms with Crippen LogP contribution in [-0.2, 0) is 9.59 Å². The summed E-state index contributed by atoms with van der Waals surface area (Å²) in [6.07, 6.45) is 0.377. The lowest BCUT2D eigenvalue weighted by molar-refractivity contribution is -0.121. The van der Waals surface area contributed by atoms with Crippen LogP contribution in [0.5, 0.6) is 0 Å². The third-order valence-corrected chi connectivity index (χ3v) is 5.64. The molecule has 2 aromatic heterocycles. The van der Waals surface area contributed by atoms with Gasteiger partial charge in [-0.05, 0) is 34.1 Å². The molecule has 1 fully saturated rings. The van der Waals surface area contributed by atoms with Crippen molar-refractivity contribution < 1.29 is 14.0 Å². The lowest BCUT2D eigenvalue weighted by Gasteiger charge is -2.08. The summed E-state index contributed by atoms with van der Waals surface area (Å²) in [6, 6.07) is 5.30. The molecule has 6 nitrogen and oxygen atoms in total. The maximum atomic E-state index is 12.3. The number of imide groups is 1. The van der Waals surface area contributed by atoms with Crippen molar-refractivity contribution in [1.29, 1.82) is 0 Å². The lowest BCUT2D eigenvalue weighted by Crippen LogP contribution is -2.28. The predicted octanol–water partition coefficient (Wildman–Crippen LogP) is 4.09. The fourth-order valence-corrected chi connectivity index (χ4v) is 4.81. The second-order valence-electron chi connectivity index (χ2n) is 5.39. The molecule has 3 heterocycles. The molecule has 1 saturated heterocycles. The fourth-order valence-electron chi connectivity index (χ4n) is 2.62. The van der Waals surface area contributed by atoms with E-state index in [0.29, 0.717) is 15.7 Å². The van der Waals surface area contributed by atoms with Crippen molar-refractivity contribution in [1.82, 2.24) is 4.98 Å². The predicted molar refractivity (Wildman–Crippen MR) is 101 cm³/mol. The zero-order valence-corrected chi connectivity index (χ0v) is 16.4. The highest BCUT2D eigenvalue weighted by Crippen LogP contribution is 2.32. The number of rotatable bonds is 2. The number of anilines is 1. The van der Waals surface area contributed by atoms with Gasteiger partial charge < -0.3 is 4.42 Å². The molecule has 1 aliphatic rings. The molecule has 126 valence electrons. The number of carbonyl (C=O) groups is 2. The van der Waals surface area contributed by atoms with Gasteiger partial charge in [-0.15, -0.1) is 11.3 Å². The standard InChI is InChI=1S/C16H8Br2N2O4S/c17-8-3-7-4-9(15(23)24-14(7)10(18)5-8)11-6-25-16(19-11)20-12(21)1-2-13(20)22/h3-6H,1-2H2. The highest BCUT2D eigenvalue weighted by atomic mass is 79.9. The Labute approximate surface area is 161 Å². The summed E-state index contributed by atoms with van der Waals surface area (Å²) < 4.78 is 6.90. The van der Waals surface area contributed by atoms with E-state index in [9.17, 15) is 14.4 Å². The Morgan fingerprint density at radius 2 is 1.80 bits per heavy atom. The molecule has 0 atom stereocenters. The van der Waals surface area contributed by atoms with Crippen molar-refractivity contribution in [3.8, 4) is 11.3 Å². The molecule has 1 aliphatic heterocycles. The van der Waals surface area contributed by atoms with Crippen LogP contribution in [0.1, 0.15) is 12.8 Å². The molecule has 2 amide bonds. The van der Waals surface area contributed by atoms with E-state index >= 15 is 0 Å². The third-order valence-electron chi connectivity index (χ3n) is 3.76. The topological polar surface area (TPSA) is 80.5 Å². The maximum absolute atomic E-state index is 12.3. The molecule has 9 heteroatoms. The summed E-state index contributed by atoms with van der Waals surface area (Å²) in [5.74, 6) is -0.548. The van der Waals surface area contributed by atoms with Gasteiger partial charge in [0.25, 0.3) is 0 Å². The van der Waals surface area contributed by atoms with Crippen molar-refractivity contribution in [3.05, 3.63) is 42.9 Å². The number of halogens is 2. The second-order valence-corrected chi connectivity index (χ2v) is 8.00. The van der Waals surface area contributed by atoms with Crippen LogP contribution in [0, 0.1) is 0 Å². The Morgan fingerprint density at radius 1 is 1.08 bits per heavy atom. The van der Waals surface area contributed by atoms with Crippen LogP contribution in [0.15, 0.2) is 41.7 Å². The molecule has 0 spiro atoms. The first-order valence-corrected chi connectivity index (χ1v) is 9.65. The van der Waals surface area contributed by atoms with E-state index in [2.05, 4.69) is 36.8 Å². The summed E-state index contributed by atoms with van der Waals surface area (Å²) in [5.41, 5.74) is 0.557. The summed E-state index contributed by atoms with van der Waals surface area (Å²) in [4.78, 5) is 41.4. The van der Waals surface area contributed by atoms with Gasteiger partial charge in [0, 0.05) is 28.1 Å². The number of benzene rings is 1. The summed E-state index contributed by atoms with van der Waals surface area (Å²) in [7, 11) is 0. The largest absolute Gasteiger partial charge is 0.421 e. The number of nitrogens with zero attached hydrogens (tertiary/aromatic N) is 2. The van der Waals surface area contributed by atoms with E-state index in [0.717, 1.165) is 26.1 Å². The summed E-state index contributed by atoms with van der Waals surface area (Å²) in [5, 5.41) is 2.63. The Balaban J connectivity index is 1.83. The normalized spacial score (nSPS) is 14.7. The van der Waals surface area contributed by atoms with Gasteiger partial charge in [-0.25, -0.2) is 14.7 Å². The van der Waals surface area contributed by atoms with Crippen LogP contribution in [-0.4, -0.2) is 16.8 Å². The average Bonchev–Trinajstić information content (AvgIpc) is 3.14. The highest BCUT2D eigenvalue weighted by molar-refractivity contribution is 9.11. The number of fused-ring (bicyclic) bond motifs is 1. The minimum absolute atomic E-state index is 0.188. The maximum Gasteiger partial charge on any atom is 0.345 e. The minimum Gasteiger partial charge on any atom is -0.421 e. The number of hydrogen-bond acceptors (Lipinski definition) is 6. The molecular weight excluding hydrogens is 476 g/mol. The molecule has 3 aromatic rings. The summed E-state index contributed by atoms with van der Waals surface area (Å²) in [6.45, 7) is 0. The van der Waals surface area contributed by atoms with Gasteiger partial charge in [-0.1, -0.05) is 15.9 Å². The quantitative estimate of drug-likeness (QED) is 0.405. The van der Waals surface area contributed by atoms with Crippen LogP contribution in [0.4, 0.5) is 5.13 Å². The fraction of sp³-hybridized carbons (Fsp3) is 0.125. The van der Waals surface area contributed by atoms with Gasteiger partial charge in [0.15, 0.2) is 10.7 Å². The van der Waals surface area contributed by atoms with Gasteiger partial charge in [0.05, 0.1) is 15.7 Å². The van der Waals surface area contributed by atoms with Crippen LogP contribution >= 0.6 is 43.2 Å². The molecule has 0 N–H and O–H groups in total. The minimum atomic E-state index is -0.536. The van der Waals surface area contributed by atoms with Gasteiger partial charge >= 0.3 is 5.63 Å². The zero-order chi connectivity index (χ0) is 17.7. The number of hydrogen-bond donors (Lipinski definition) is 0. The Kier molecular flexibility index (Phi) is 4.09. The smallest absolute Gasteiger partial charge is 0.345 e. The SMILES string of the molecule is O=C1CCC(=O)N1c1nc(-c2cc3cc(Br)cc(Br)c3oc2=O)cs1. The van der Waals surface area contributed by atoms with Crippen LogP contribution in [0.3, 0.4) is 0 Å². The van der Waals surface area contributed by atoms with Crippen molar-refractivity contribution in [2.45, 2.75) is 12.8 Å². The molecular formula is C16H8Br2N2O4S. The Morgan fingerprint density at radius 3 is 2.52 bits per heavy atom. The van der Waals surface area contributed by atoms with Crippen molar-refractivity contribution in [2.75, 3.05) is 4.90 Å². The van der Waals surface area contributed by atoms with Crippen molar-refractivity contribution in [3.63, 3.8) is 0 Å². The molecule has 0 radical (unpaired) electrons. The number of thiazole rings is 1. The van der Waals surface area contributed by atoms with E-state index in [-0.39, 0.29) is 35.4 Å². The lowest BCUT2D eigenvalue weighted by atomic mass is 10.1. The van der Waals surface area contributed by atoms with E-state index in [1.165, 1.54) is 0 Å². The van der Waals surface area contributed by atoms with Crippen LogP contribution in [0.25, 0.3) is 22.2 Å². The number of aromatic nitrogens is 1. The average molecular weight is 484 g/mol. The van der Waals surface area contributed by atoms with Gasteiger partial charge in [-0.3, -0.25) is 9.59 Å². The van der Waals surface area contributed by atoms with E-state index < -0.39 is 5.63 Å². The van der Waals surface area contributed by atoms with E-state index in [1.807, 2.05) is 6.07 Å². The van der Waals surface area contributed by atoms with Gasteiger partial charge in [0.1, 0.15) is 0 Å². The number of carbonyl (C=O) groups excluding carboxylic acids is 2. The first-order valence-electron chi connectivity index (χ1n) is 7.18. The van der Waals surface area contributed by atoms with Gasteiger partial charge in [0.2, 0.25) is 11.8 Å². The highest BCUT2D eigenvalue weighted by Gasteiger charge is 2.32. The first kappa shape index (κ1) is 16.6. The Hall–Kier alpha value is -1.84. The van der Waals surface area contributed by atoms with E-state index in [4.69, 9.17) is 4.42 Å². The van der Waals surface area contributed by atoms with Gasteiger partial charge in [-0.2, -0.15) is 0 Å². The molecule has 25 heavy (non-hydrogen) atoms. The number of amides is 2. The molecule has 0 aliphatic carbocycles. The van der Waals surface area contributed by atoms with Crippen molar-refractivity contribution >= 4 is 71.1 Å². The van der Waals surface area contributed by atoms with Crippen molar-refractivity contribution in [2.24, 2.45) is 0 Å². The zero-order valence-electron chi connectivity index (χ0n) is 12.4. The summed E-state index contributed by atoms with van der Waals surface area (Å²) >= 11 is 7.91. The second kappa shape index (κ2) is 6.15. The molecule has 0 unspecified atom stereocenters. The van der Waals surface area contributed by atoms with Crippen LogP contribution < -0.4 is 10.5 Å².